The van der Waals surface area contributed by atoms with Crippen LogP contribution in [0.3, 0.4) is 0 Å². The smallest absolute Gasteiger partial charge is 0.412 e. The van der Waals surface area contributed by atoms with Crippen LogP contribution in [-0.2, 0) is 4.74 Å². The van der Waals surface area contributed by atoms with E-state index in [0.29, 0.717) is 0 Å². The number of amides is 1. The minimum atomic E-state index is -1.11. The molecule has 18 heavy (non-hydrogen) atoms. The van der Waals surface area contributed by atoms with Crippen molar-refractivity contribution in [2.45, 2.75) is 26.4 Å². The lowest BCUT2D eigenvalue weighted by Crippen LogP contribution is -2.27. The first-order chi connectivity index (χ1) is 8.11. The number of benzene rings is 1. The molecule has 3 nitrogen and oxygen atoms in total. The summed E-state index contributed by atoms with van der Waals surface area (Å²) in [6.45, 7) is 4.85. The third-order valence-electron chi connectivity index (χ3n) is 1.74. The first-order valence-corrected chi connectivity index (χ1v) is 5.70. The second-order valence-electron chi connectivity index (χ2n) is 4.47. The maximum atomic E-state index is 13.5. The largest absolute Gasteiger partial charge is 0.444 e. The van der Waals surface area contributed by atoms with Crippen molar-refractivity contribution in [3.05, 3.63) is 27.7 Å². The summed E-state index contributed by atoms with van der Waals surface area (Å²) in [4.78, 5) is 11.4. The number of ether oxygens (including phenoxy) is 1. The average molecular weight is 298 g/mol. The van der Waals surface area contributed by atoms with Crippen molar-refractivity contribution in [3.8, 4) is 0 Å². The maximum Gasteiger partial charge on any atom is 0.412 e. The van der Waals surface area contributed by atoms with Crippen molar-refractivity contribution in [1.29, 1.82) is 0 Å². The van der Waals surface area contributed by atoms with E-state index in [1.54, 1.807) is 20.8 Å². The zero-order chi connectivity index (χ0) is 14.1. The van der Waals surface area contributed by atoms with Crippen molar-refractivity contribution >= 4 is 35.0 Å². The molecular weight excluding hydrogens is 287 g/mol. The van der Waals surface area contributed by atoms with E-state index >= 15 is 0 Å². The summed E-state index contributed by atoms with van der Waals surface area (Å²) in [6.07, 6.45) is -1.00. The molecule has 1 aromatic rings. The predicted molar refractivity (Wildman–Crippen MR) is 66.2 cm³/mol. The average Bonchev–Trinajstić information content (AvgIpc) is 2.19. The van der Waals surface area contributed by atoms with Crippen LogP contribution in [0.2, 0.25) is 10.0 Å². The van der Waals surface area contributed by atoms with E-state index in [0.717, 1.165) is 6.07 Å². The third kappa shape index (κ3) is 3.71. The number of nitrogens with one attached hydrogen (secondary N) is 1. The molecule has 1 rings (SSSR count). The molecule has 0 aliphatic rings. The normalized spacial score (nSPS) is 11.3. The van der Waals surface area contributed by atoms with E-state index in [9.17, 15) is 13.6 Å². The standard InChI is InChI=1S/C11H11Cl2F2NO2/c1-11(2,3)18-10(17)16-9-7(14)5(12)4-6(13)8(9)15/h4H,1-3H3,(H,16,17). The van der Waals surface area contributed by atoms with Gasteiger partial charge in [0.1, 0.15) is 11.3 Å². The zero-order valence-corrected chi connectivity index (χ0v) is 11.4. The fourth-order valence-corrected chi connectivity index (χ4v) is 1.55. The van der Waals surface area contributed by atoms with Gasteiger partial charge in [0.05, 0.1) is 10.0 Å². The van der Waals surface area contributed by atoms with Crippen LogP contribution in [0.15, 0.2) is 6.07 Å². The molecule has 0 saturated heterocycles. The summed E-state index contributed by atoms with van der Waals surface area (Å²) in [5.41, 5.74) is -1.53. The summed E-state index contributed by atoms with van der Waals surface area (Å²) >= 11 is 11.0. The molecule has 100 valence electrons. The molecule has 1 amide bonds. The maximum absolute atomic E-state index is 13.5. The van der Waals surface area contributed by atoms with Gasteiger partial charge in [-0.2, -0.15) is 0 Å². The molecule has 0 heterocycles. The highest BCUT2D eigenvalue weighted by atomic mass is 35.5. The van der Waals surface area contributed by atoms with Crippen molar-refractivity contribution in [2.24, 2.45) is 0 Å². The highest BCUT2D eigenvalue weighted by molar-refractivity contribution is 6.35. The van der Waals surface area contributed by atoms with Gasteiger partial charge in [0.15, 0.2) is 11.6 Å². The van der Waals surface area contributed by atoms with Gasteiger partial charge in [-0.05, 0) is 26.8 Å². The van der Waals surface area contributed by atoms with Crippen molar-refractivity contribution < 1.29 is 18.3 Å². The second kappa shape index (κ2) is 5.28. The van der Waals surface area contributed by atoms with Crippen molar-refractivity contribution in [1.82, 2.24) is 0 Å². The minimum absolute atomic E-state index is 0.396. The van der Waals surface area contributed by atoms with E-state index in [-0.39, 0.29) is 0 Å². The molecule has 1 aromatic carbocycles. The lowest BCUT2D eigenvalue weighted by Gasteiger charge is -2.20. The van der Waals surface area contributed by atoms with Crippen LogP contribution in [0.1, 0.15) is 20.8 Å². The Morgan fingerprint density at radius 2 is 1.67 bits per heavy atom. The number of anilines is 1. The molecule has 0 aromatic heterocycles. The van der Waals surface area contributed by atoms with Crippen LogP contribution in [0, 0.1) is 11.6 Å². The molecular formula is C11H11Cl2F2NO2. The molecule has 0 atom stereocenters. The summed E-state index contributed by atoms with van der Waals surface area (Å²) in [6, 6.07) is 0.911. The lowest BCUT2D eigenvalue weighted by molar-refractivity contribution is 0.0634. The Labute approximate surface area is 113 Å². The van der Waals surface area contributed by atoms with E-state index < -0.39 is 39.1 Å². The van der Waals surface area contributed by atoms with Gasteiger partial charge in [0.2, 0.25) is 0 Å². The van der Waals surface area contributed by atoms with E-state index in [4.69, 9.17) is 27.9 Å². The Morgan fingerprint density at radius 1 is 1.22 bits per heavy atom. The van der Waals surface area contributed by atoms with Crippen LogP contribution in [0.25, 0.3) is 0 Å². The summed E-state index contributed by atoms with van der Waals surface area (Å²) in [5, 5.41) is 1.14. The van der Waals surface area contributed by atoms with Gasteiger partial charge < -0.3 is 4.74 Å². The first-order valence-electron chi connectivity index (χ1n) is 4.95. The Morgan fingerprint density at radius 3 is 2.06 bits per heavy atom. The highest BCUT2D eigenvalue weighted by Gasteiger charge is 2.22. The Kier molecular flexibility index (Phi) is 4.40. The third-order valence-corrected chi connectivity index (χ3v) is 2.29. The van der Waals surface area contributed by atoms with Crippen LogP contribution in [0.4, 0.5) is 19.3 Å². The number of carbonyl (C=O) groups is 1. The van der Waals surface area contributed by atoms with Crippen molar-refractivity contribution in [2.75, 3.05) is 5.32 Å². The molecule has 0 aliphatic heterocycles. The predicted octanol–water partition coefficient (Wildman–Crippen LogP) is 4.62. The molecule has 0 unspecified atom stereocenters. The quantitative estimate of drug-likeness (QED) is 0.768. The van der Waals surface area contributed by atoms with E-state index in [1.807, 2.05) is 5.32 Å². The Bertz CT molecular complexity index is 461. The molecule has 0 spiro atoms. The van der Waals surface area contributed by atoms with Gasteiger partial charge >= 0.3 is 6.09 Å². The number of hydrogen-bond donors (Lipinski definition) is 1. The second-order valence-corrected chi connectivity index (χ2v) is 5.28. The van der Waals surface area contributed by atoms with Gasteiger partial charge in [-0.1, -0.05) is 23.2 Å². The summed E-state index contributed by atoms with van der Waals surface area (Å²) < 4.78 is 31.9. The highest BCUT2D eigenvalue weighted by Crippen LogP contribution is 2.31. The molecule has 0 saturated carbocycles. The lowest BCUT2D eigenvalue weighted by atomic mass is 10.2. The van der Waals surface area contributed by atoms with E-state index in [1.165, 1.54) is 0 Å². The summed E-state index contributed by atoms with van der Waals surface area (Å²) in [7, 11) is 0. The molecule has 0 radical (unpaired) electrons. The molecule has 1 N–H and O–H groups in total. The zero-order valence-electron chi connectivity index (χ0n) is 9.91. The molecule has 0 aliphatic carbocycles. The first kappa shape index (κ1) is 15.0. The van der Waals surface area contributed by atoms with E-state index in [2.05, 4.69) is 0 Å². The monoisotopic (exact) mass is 297 g/mol. The molecule has 7 heteroatoms. The number of carbonyl (C=O) groups excluding carboxylic acids is 1. The van der Waals surface area contributed by atoms with Gasteiger partial charge in [0.25, 0.3) is 0 Å². The van der Waals surface area contributed by atoms with Crippen molar-refractivity contribution in [3.63, 3.8) is 0 Å². The van der Waals surface area contributed by atoms with Crippen LogP contribution >= 0.6 is 23.2 Å². The van der Waals surface area contributed by atoms with Gasteiger partial charge in [-0.3, -0.25) is 5.32 Å². The van der Waals surface area contributed by atoms with Crippen LogP contribution < -0.4 is 5.32 Å². The molecule has 0 bridgehead atoms. The van der Waals surface area contributed by atoms with Gasteiger partial charge in [-0.15, -0.1) is 0 Å². The molecule has 0 fully saturated rings. The Hall–Kier alpha value is -1.07. The topological polar surface area (TPSA) is 38.3 Å². The summed E-state index contributed by atoms with van der Waals surface area (Å²) in [5.74, 6) is -2.21. The fourth-order valence-electron chi connectivity index (χ4n) is 1.09. The van der Waals surface area contributed by atoms with Crippen LogP contribution in [-0.4, -0.2) is 11.7 Å². The Balaban J connectivity index is 3.01. The SMILES string of the molecule is CC(C)(C)OC(=O)Nc1c(F)c(Cl)cc(Cl)c1F. The number of rotatable bonds is 1. The number of halogens is 4. The number of hydrogen-bond acceptors (Lipinski definition) is 2. The van der Waals surface area contributed by atoms with Gasteiger partial charge in [-0.25, -0.2) is 13.6 Å². The minimum Gasteiger partial charge on any atom is -0.444 e. The van der Waals surface area contributed by atoms with Gasteiger partial charge in [0, 0.05) is 0 Å². The van der Waals surface area contributed by atoms with Crippen LogP contribution in [0.5, 0.6) is 0 Å². The fraction of sp³-hybridized carbons (Fsp3) is 0.364.